The van der Waals surface area contributed by atoms with Crippen molar-refractivity contribution >= 4 is 34.3 Å². The average molecular weight is 594 g/mol. The van der Waals surface area contributed by atoms with Crippen molar-refractivity contribution in [2.75, 3.05) is 42.1 Å². The first-order valence-corrected chi connectivity index (χ1v) is 15.3. The van der Waals surface area contributed by atoms with Crippen molar-refractivity contribution in [1.82, 2.24) is 39.6 Å². The van der Waals surface area contributed by atoms with Gasteiger partial charge in [-0.25, -0.2) is 15.0 Å². The maximum Gasteiger partial charge on any atom is 0.228 e. The minimum atomic E-state index is 0.129. The third-order valence-corrected chi connectivity index (χ3v) is 8.38. The van der Waals surface area contributed by atoms with Gasteiger partial charge >= 0.3 is 0 Å². The van der Waals surface area contributed by atoms with Crippen LogP contribution in [0.15, 0.2) is 42.9 Å². The molecule has 1 atom stereocenters. The van der Waals surface area contributed by atoms with Crippen LogP contribution in [0.4, 0.5) is 23.4 Å². The number of ether oxygens (including phenoxy) is 1. The number of rotatable bonds is 11. The normalized spacial score (nSPS) is 16.9. The number of hydrogen-bond donors (Lipinski definition) is 4. The molecule has 1 aliphatic carbocycles. The summed E-state index contributed by atoms with van der Waals surface area (Å²) < 4.78 is 8.15. The van der Waals surface area contributed by atoms with Crippen LogP contribution in [0.3, 0.4) is 0 Å². The zero-order valence-electron chi connectivity index (χ0n) is 25.7. The third-order valence-electron chi connectivity index (χ3n) is 8.38. The molecule has 0 bridgehead atoms. The molecule has 228 valence electrons. The quantitative estimate of drug-likeness (QED) is 0.167. The van der Waals surface area contributed by atoms with Gasteiger partial charge in [-0.05, 0) is 51.7 Å². The molecule has 5 heterocycles. The molecule has 44 heavy (non-hydrogen) atoms. The van der Waals surface area contributed by atoms with E-state index in [0.717, 1.165) is 83.1 Å². The van der Waals surface area contributed by atoms with Crippen LogP contribution < -0.4 is 20.7 Å². The lowest BCUT2D eigenvalue weighted by molar-refractivity contribution is 0.193. The van der Waals surface area contributed by atoms with E-state index in [2.05, 4.69) is 64.1 Å². The van der Waals surface area contributed by atoms with Crippen molar-refractivity contribution in [2.24, 2.45) is 7.05 Å². The van der Waals surface area contributed by atoms with Gasteiger partial charge in [0.2, 0.25) is 17.8 Å². The summed E-state index contributed by atoms with van der Waals surface area (Å²) in [5, 5.41) is 15.8. The van der Waals surface area contributed by atoms with Gasteiger partial charge in [0.1, 0.15) is 6.10 Å². The van der Waals surface area contributed by atoms with Crippen LogP contribution in [0.5, 0.6) is 5.88 Å². The fraction of sp³-hybridized carbons (Fsp3) is 0.406. The van der Waals surface area contributed by atoms with Gasteiger partial charge in [0.15, 0.2) is 5.82 Å². The van der Waals surface area contributed by atoms with E-state index in [1.165, 1.54) is 12.8 Å². The number of para-hydroxylation sites is 1. The van der Waals surface area contributed by atoms with Crippen molar-refractivity contribution in [3.05, 3.63) is 59.7 Å². The highest BCUT2D eigenvalue weighted by atomic mass is 16.5. The topological polar surface area (TPSA) is 134 Å². The Bertz CT molecular complexity index is 1770. The summed E-state index contributed by atoms with van der Waals surface area (Å²) in [6.45, 7) is 9.69. The molecule has 2 fully saturated rings. The van der Waals surface area contributed by atoms with Gasteiger partial charge in [0, 0.05) is 86.1 Å². The fourth-order valence-corrected chi connectivity index (χ4v) is 5.64. The molecule has 4 N–H and O–H groups in total. The van der Waals surface area contributed by atoms with Gasteiger partial charge in [0.05, 0.1) is 16.9 Å². The molecule has 0 amide bonds. The second-order valence-corrected chi connectivity index (χ2v) is 11.9. The zero-order valence-corrected chi connectivity index (χ0v) is 25.7. The van der Waals surface area contributed by atoms with Crippen molar-refractivity contribution in [3.8, 4) is 17.1 Å². The molecule has 4 aromatic heterocycles. The Morgan fingerprint density at radius 3 is 2.68 bits per heavy atom. The number of aromatic amines is 1. The molecule has 0 radical (unpaired) electrons. The van der Waals surface area contributed by atoms with Crippen LogP contribution in [-0.4, -0.2) is 77.9 Å². The van der Waals surface area contributed by atoms with E-state index in [1.54, 1.807) is 0 Å². The zero-order chi connectivity index (χ0) is 30.2. The van der Waals surface area contributed by atoms with Crippen molar-refractivity contribution in [2.45, 2.75) is 52.2 Å². The Kier molecular flexibility index (Phi) is 7.51. The van der Waals surface area contributed by atoms with Gasteiger partial charge in [-0.2, -0.15) is 10.1 Å². The number of likely N-dealkylation sites (tertiary alicyclic amines) is 1. The lowest BCUT2D eigenvalue weighted by atomic mass is 10.1. The predicted octanol–water partition coefficient (Wildman–Crippen LogP) is 4.96. The second-order valence-electron chi connectivity index (χ2n) is 11.9. The van der Waals surface area contributed by atoms with Gasteiger partial charge < -0.3 is 25.7 Å². The second kappa shape index (κ2) is 11.8. The monoisotopic (exact) mass is 593 g/mol. The number of anilines is 4. The van der Waals surface area contributed by atoms with Crippen molar-refractivity contribution in [3.63, 3.8) is 0 Å². The van der Waals surface area contributed by atoms with Gasteiger partial charge in [-0.3, -0.25) is 9.58 Å². The summed E-state index contributed by atoms with van der Waals surface area (Å²) >= 11 is 0. The number of hydrogen-bond acceptors (Lipinski definition) is 10. The molecule has 12 nitrogen and oxygen atoms in total. The molecule has 1 saturated carbocycles. The van der Waals surface area contributed by atoms with E-state index >= 15 is 0 Å². The molecular formula is C32H39N11O. The maximum atomic E-state index is 6.33. The minimum absolute atomic E-state index is 0.129. The van der Waals surface area contributed by atoms with Crippen LogP contribution in [0.2, 0.25) is 0 Å². The Hall–Kier alpha value is -4.71. The molecule has 5 aromatic rings. The molecule has 7 rings (SSSR count). The maximum absolute atomic E-state index is 6.33. The predicted molar refractivity (Wildman–Crippen MR) is 173 cm³/mol. The Labute approximate surface area is 256 Å². The summed E-state index contributed by atoms with van der Waals surface area (Å²) in [5.74, 6) is 2.60. The van der Waals surface area contributed by atoms with Crippen LogP contribution in [0.1, 0.15) is 36.1 Å². The molecular weight excluding hydrogens is 554 g/mol. The van der Waals surface area contributed by atoms with Crippen molar-refractivity contribution < 1.29 is 4.74 Å². The summed E-state index contributed by atoms with van der Waals surface area (Å²) in [6.07, 6.45) is 9.22. The van der Waals surface area contributed by atoms with Crippen LogP contribution >= 0.6 is 0 Å². The highest BCUT2D eigenvalue weighted by Gasteiger charge is 2.26. The summed E-state index contributed by atoms with van der Waals surface area (Å²) in [6, 6.07) is 8.82. The van der Waals surface area contributed by atoms with E-state index in [1.807, 2.05) is 57.2 Å². The number of nitrogens with one attached hydrogen (secondary N) is 4. The number of fused-ring (bicyclic) bond motifs is 1. The van der Waals surface area contributed by atoms with Crippen LogP contribution in [0.25, 0.3) is 22.2 Å². The number of benzene rings is 1. The third kappa shape index (κ3) is 6.02. The van der Waals surface area contributed by atoms with Gasteiger partial charge in [0.25, 0.3) is 0 Å². The molecule has 0 unspecified atom stereocenters. The van der Waals surface area contributed by atoms with Crippen LogP contribution in [0, 0.1) is 20.8 Å². The lowest BCUT2D eigenvalue weighted by Gasteiger charge is -2.18. The SMILES string of the molecule is Cc1cnc(NC2CC2)nc1O[C@H]1CCN(CCNc2cccc3c(-c4nc(Nc5cc(C)n(C)n5)ncc4C)c[nH]c23)C1. The smallest absolute Gasteiger partial charge is 0.228 e. The molecule has 0 spiro atoms. The van der Waals surface area contributed by atoms with Crippen LogP contribution in [-0.2, 0) is 7.05 Å². The molecule has 12 heteroatoms. The lowest BCUT2D eigenvalue weighted by Crippen LogP contribution is -2.29. The number of H-pyrrole nitrogens is 1. The summed E-state index contributed by atoms with van der Waals surface area (Å²) in [4.78, 5) is 24.3. The Morgan fingerprint density at radius 1 is 1.02 bits per heavy atom. The minimum Gasteiger partial charge on any atom is -0.473 e. The van der Waals surface area contributed by atoms with E-state index in [-0.39, 0.29) is 6.10 Å². The fourth-order valence-electron chi connectivity index (χ4n) is 5.64. The van der Waals surface area contributed by atoms with E-state index in [4.69, 9.17) is 9.72 Å². The highest BCUT2D eigenvalue weighted by molar-refractivity contribution is 6.01. The van der Waals surface area contributed by atoms with E-state index < -0.39 is 0 Å². The standard InChI is InChI=1S/C32H39N11O/c1-19-15-35-32(38-27-14-21(3)42(4)41-27)39-28(19)25-17-34-29-24(25)6-5-7-26(29)33-11-13-43-12-10-23(18-43)44-30-20(2)16-36-31(40-30)37-22-8-9-22/h5-7,14-17,22-23,33-34H,8-13,18H2,1-4H3,(H,36,37,40)(H,35,38,39,41)/t23-/m0/s1. The largest absolute Gasteiger partial charge is 0.473 e. The highest BCUT2D eigenvalue weighted by Crippen LogP contribution is 2.33. The number of aryl methyl sites for hydroxylation is 4. The average Bonchev–Trinajstić information content (AvgIpc) is 3.38. The molecule has 2 aliphatic rings. The first-order chi connectivity index (χ1) is 21.4. The van der Waals surface area contributed by atoms with Gasteiger partial charge in [-0.15, -0.1) is 0 Å². The Morgan fingerprint density at radius 2 is 1.86 bits per heavy atom. The molecule has 1 aromatic carbocycles. The first kappa shape index (κ1) is 28.1. The summed E-state index contributed by atoms with van der Waals surface area (Å²) in [7, 11) is 1.92. The van der Waals surface area contributed by atoms with E-state index in [9.17, 15) is 0 Å². The van der Waals surface area contributed by atoms with E-state index in [0.29, 0.717) is 23.8 Å². The number of nitrogens with zero attached hydrogens (tertiary/aromatic N) is 7. The molecule has 1 aliphatic heterocycles. The first-order valence-electron chi connectivity index (χ1n) is 15.3. The Balaban J connectivity index is 0.980. The summed E-state index contributed by atoms with van der Waals surface area (Å²) in [5.41, 5.74) is 7.09. The van der Waals surface area contributed by atoms with Crippen molar-refractivity contribution in [1.29, 1.82) is 0 Å². The van der Waals surface area contributed by atoms with Gasteiger partial charge in [-0.1, -0.05) is 12.1 Å². The molecule has 1 saturated heterocycles. The number of aromatic nitrogens is 7.